The van der Waals surface area contributed by atoms with Gasteiger partial charge < -0.3 is 15.2 Å². The van der Waals surface area contributed by atoms with Crippen molar-refractivity contribution in [2.45, 2.75) is 20.3 Å². The Labute approximate surface area is 141 Å². The van der Waals surface area contributed by atoms with Crippen molar-refractivity contribution in [3.8, 4) is 5.75 Å². The molecule has 0 spiro atoms. The summed E-state index contributed by atoms with van der Waals surface area (Å²) in [6, 6.07) is 14.8. The first kappa shape index (κ1) is 17.5. The van der Waals surface area contributed by atoms with Crippen molar-refractivity contribution in [2.75, 3.05) is 11.9 Å². The van der Waals surface area contributed by atoms with Crippen LogP contribution in [0, 0.1) is 12.8 Å². The van der Waals surface area contributed by atoms with Crippen molar-refractivity contribution < 1.29 is 19.4 Å². The summed E-state index contributed by atoms with van der Waals surface area (Å²) in [6.45, 7) is 3.49. The molecule has 1 amide bonds. The van der Waals surface area contributed by atoms with Crippen LogP contribution < -0.4 is 10.1 Å². The molecule has 0 saturated heterocycles. The third-order valence-corrected chi connectivity index (χ3v) is 3.57. The van der Waals surface area contributed by atoms with Crippen molar-refractivity contribution in [2.24, 2.45) is 5.92 Å². The standard InChI is InChI=1S/C19H21NO4/c1-13-6-8-15(9-7-13)10-14(2)19(23)20-16-4-3-5-17(11-16)24-12-18(21)22/h3-9,11,14H,10,12H2,1-2H3,(H,20,23)(H,21,22). The lowest BCUT2D eigenvalue weighted by Gasteiger charge is -2.13. The van der Waals surface area contributed by atoms with Crippen LogP contribution in [0.2, 0.25) is 0 Å². The highest BCUT2D eigenvalue weighted by Crippen LogP contribution is 2.19. The molecule has 0 radical (unpaired) electrons. The maximum absolute atomic E-state index is 12.3. The number of aryl methyl sites for hydroxylation is 1. The molecule has 0 saturated carbocycles. The van der Waals surface area contributed by atoms with Crippen LogP contribution in [0.1, 0.15) is 18.1 Å². The molecule has 2 aromatic rings. The summed E-state index contributed by atoms with van der Waals surface area (Å²) in [4.78, 5) is 22.8. The molecule has 2 aromatic carbocycles. The second kappa shape index (κ2) is 8.15. The number of hydrogen-bond acceptors (Lipinski definition) is 3. The summed E-state index contributed by atoms with van der Waals surface area (Å²) in [5.74, 6) is -0.917. The molecule has 126 valence electrons. The number of ether oxygens (including phenoxy) is 1. The minimum Gasteiger partial charge on any atom is -0.482 e. The van der Waals surface area contributed by atoms with E-state index in [1.54, 1.807) is 24.3 Å². The Morgan fingerprint density at radius 3 is 2.54 bits per heavy atom. The number of anilines is 1. The summed E-state index contributed by atoms with van der Waals surface area (Å²) in [5, 5.41) is 11.5. The Kier molecular flexibility index (Phi) is 5.95. The number of benzene rings is 2. The van der Waals surface area contributed by atoms with Crippen LogP contribution in [0.15, 0.2) is 48.5 Å². The van der Waals surface area contributed by atoms with Crippen LogP contribution in [0.3, 0.4) is 0 Å². The van der Waals surface area contributed by atoms with Crippen LogP contribution in [-0.4, -0.2) is 23.6 Å². The SMILES string of the molecule is Cc1ccc(CC(C)C(=O)Nc2cccc(OCC(=O)O)c2)cc1. The minimum absolute atomic E-state index is 0.0917. The predicted octanol–water partition coefficient (Wildman–Crippen LogP) is 3.28. The molecular formula is C19H21NO4. The van der Waals surface area contributed by atoms with Gasteiger partial charge in [-0.25, -0.2) is 4.79 Å². The van der Waals surface area contributed by atoms with Crippen LogP contribution in [0.4, 0.5) is 5.69 Å². The van der Waals surface area contributed by atoms with E-state index in [0.717, 1.165) is 5.56 Å². The number of carboxylic acids is 1. The first-order chi connectivity index (χ1) is 11.4. The zero-order valence-electron chi connectivity index (χ0n) is 13.8. The molecule has 0 fully saturated rings. The van der Waals surface area contributed by atoms with Crippen molar-refractivity contribution in [3.05, 3.63) is 59.7 Å². The van der Waals surface area contributed by atoms with Crippen molar-refractivity contribution in [3.63, 3.8) is 0 Å². The largest absolute Gasteiger partial charge is 0.482 e. The van der Waals surface area contributed by atoms with Crippen molar-refractivity contribution in [1.29, 1.82) is 0 Å². The van der Waals surface area contributed by atoms with Gasteiger partial charge in [0, 0.05) is 17.7 Å². The van der Waals surface area contributed by atoms with E-state index < -0.39 is 12.6 Å². The zero-order chi connectivity index (χ0) is 17.5. The molecule has 5 nitrogen and oxygen atoms in total. The maximum Gasteiger partial charge on any atom is 0.341 e. The lowest BCUT2D eigenvalue weighted by molar-refractivity contribution is -0.139. The molecule has 0 aliphatic heterocycles. The average Bonchev–Trinajstić information content (AvgIpc) is 2.55. The van der Waals surface area contributed by atoms with E-state index in [4.69, 9.17) is 9.84 Å². The first-order valence-corrected chi connectivity index (χ1v) is 7.75. The molecule has 0 aliphatic carbocycles. The normalized spacial score (nSPS) is 11.6. The van der Waals surface area contributed by atoms with Gasteiger partial charge in [-0.2, -0.15) is 0 Å². The Hall–Kier alpha value is -2.82. The van der Waals surface area contributed by atoms with Crippen LogP contribution >= 0.6 is 0 Å². The molecule has 0 bridgehead atoms. The molecule has 0 heterocycles. The predicted molar refractivity (Wildman–Crippen MR) is 92.2 cm³/mol. The van der Waals surface area contributed by atoms with E-state index in [9.17, 15) is 9.59 Å². The van der Waals surface area contributed by atoms with E-state index >= 15 is 0 Å². The number of carboxylic acid groups (broad SMARTS) is 1. The molecule has 0 aliphatic rings. The van der Waals surface area contributed by atoms with Crippen LogP contribution in [0.5, 0.6) is 5.75 Å². The van der Waals surface area contributed by atoms with Gasteiger partial charge in [0.1, 0.15) is 5.75 Å². The number of hydrogen-bond donors (Lipinski definition) is 2. The fraction of sp³-hybridized carbons (Fsp3) is 0.263. The van der Waals surface area contributed by atoms with E-state index in [1.165, 1.54) is 5.56 Å². The number of rotatable bonds is 7. The Morgan fingerprint density at radius 1 is 1.17 bits per heavy atom. The molecule has 1 unspecified atom stereocenters. The van der Waals surface area contributed by atoms with Gasteiger partial charge in [0.2, 0.25) is 5.91 Å². The lowest BCUT2D eigenvalue weighted by Crippen LogP contribution is -2.22. The second-order valence-corrected chi connectivity index (χ2v) is 5.79. The third kappa shape index (κ3) is 5.43. The Morgan fingerprint density at radius 2 is 1.88 bits per heavy atom. The number of carbonyl (C=O) groups excluding carboxylic acids is 1. The highest BCUT2D eigenvalue weighted by molar-refractivity contribution is 5.92. The summed E-state index contributed by atoms with van der Waals surface area (Å²) < 4.78 is 5.11. The fourth-order valence-corrected chi connectivity index (χ4v) is 2.24. The van der Waals surface area contributed by atoms with Gasteiger partial charge in [-0.15, -0.1) is 0 Å². The lowest BCUT2D eigenvalue weighted by atomic mass is 9.99. The van der Waals surface area contributed by atoms with Crippen molar-refractivity contribution in [1.82, 2.24) is 0 Å². The van der Waals surface area contributed by atoms with Crippen LogP contribution in [0.25, 0.3) is 0 Å². The Balaban J connectivity index is 1.94. The van der Waals surface area contributed by atoms with Gasteiger partial charge >= 0.3 is 5.97 Å². The maximum atomic E-state index is 12.3. The average molecular weight is 327 g/mol. The fourth-order valence-electron chi connectivity index (χ4n) is 2.24. The van der Waals surface area contributed by atoms with Gasteiger partial charge in [-0.05, 0) is 31.0 Å². The van der Waals surface area contributed by atoms with E-state index in [-0.39, 0.29) is 11.8 Å². The topological polar surface area (TPSA) is 75.6 Å². The highest BCUT2D eigenvalue weighted by atomic mass is 16.5. The summed E-state index contributed by atoms with van der Waals surface area (Å²) >= 11 is 0. The molecule has 2 rings (SSSR count). The summed E-state index contributed by atoms with van der Waals surface area (Å²) in [5.41, 5.74) is 2.88. The third-order valence-electron chi connectivity index (χ3n) is 3.57. The first-order valence-electron chi connectivity index (χ1n) is 7.75. The molecule has 2 N–H and O–H groups in total. The van der Waals surface area contributed by atoms with E-state index in [0.29, 0.717) is 17.9 Å². The smallest absolute Gasteiger partial charge is 0.341 e. The van der Waals surface area contributed by atoms with Gasteiger partial charge in [-0.3, -0.25) is 4.79 Å². The zero-order valence-corrected chi connectivity index (χ0v) is 13.8. The molecule has 0 aromatic heterocycles. The summed E-state index contributed by atoms with van der Waals surface area (Å²) in [6.07, 6.45) is 0.654. The second-order valence-electron chi connectivity index (χ2n) is 5.79. The van der Waals surface area contributed by atoms with Gasteiger partial charge in [0.05, 0.1) is 0 Å². The molecule has 24 heavy (non-hydrogen) atoms. The van der Waals surface area contributed by atoms with Gasteiger partial charge in [0.25, 0.3) is 0 Å². The van der Waals surface area contributed by atoms with Gasteiger partial charge in [0.15, 0.2) is 6.61 Å². The van der Waals surface area contributed by atoms with Crippen LogP contribution in [-0.2, 0) is 16.0 Å². The number of amides is 1. The van der Waals surface area contributed by atoms with E-state index in [1.807, 2.05) is 38.1 Å². The number of carbonyl (C=O) groups is 2. The van der Waals surface area contributed by atoms with Gasteiger partial charge in [-0.1, -0.05) is 42.8 Å². The number of nitrogens with one attached hydrogen (secondary N) is 1. The molecule has 5 heteroatoms. The Bertz CT molecular complexity index is 710. The van der Waals surface area contributed by atoms with Crippen molar-refractivity contribution >= 4 is 17.6 Å². The quantitative estimate of drug-likeness (QED) is 0.818. The summed E-state index contributed by atoms with van der Waals surface area (Å²) in [7, 11) is 0. The highest BCUT2D eigenvalue weighted by Gasteiger charge is 2.14. The molecular weight excluding hydrogens is 306 g/mol. The monoisotopic (exact) mass is 327 g/mol. The molecule has 1 atom stereocenters. The number of aliphatic carboxylic acids is 1. The van der Waals surface area contributed by atoms with E-state index in [2.05, 4.69) is 5.32 Å². The minimum atomic E-state index is -1.05.